The highest BCUT2D eigenvalue weighted by atomic mass is 32.2. The summed E-state index contributed by atoms with van der Waals surface area (Å²) in [6.45, 7) is 0.547. The minimum atomic E-state index is -2.94. The summed E-state index contributed by atoms with van der Waals surface area (Å²) < 4.78 is 22.1. The smallest absolute Gasteiger partial charge is 0.147 e. The number of nitrogens with one attached hydrogen (secondary N) is 1. The molecule has 1 aromatic rings. The van der Waals surface area contributed by atoms with Crippen molar-refractivity contribution >= 4 is 15.7 Å². The Morgan fingerprint density at radius 3 is 2.60 bits per heavy atom. The van der Waals surface area contributed by atoms with Gasteiger partial charge in [0.15, 0.2) is 0 Å². The van der Waals surface area contributed by atoms with Gasteiger partial charge in [-0.15, -0.1) is 0 Å². The maximum absolute atomic E-state index is 11.1. The topological polar surface area (TPSA) is 105 Å². The van der Waals surface area contributed by atoms with Crippen molar-refractivity contribution in [3.63, 3.8) is 0 Å². The molecule has 0 radical (unpaired) electrons. The van der Waals surface area contributed by atoms with E-state index in [0.29, 0.717) is 19.4 Å². The van der Waals surface area contributed by atoms with Gasteiger partial charge in [-0.05, 0) is 18.5 Å². The van der Waals surface area contributed by atoms with Crippen LogP contribution in [0.15, 0.2) is 35.5 Å². The van der Waals surface area contributed by atoms with Gasteiger partial charge in [0, 0.05) is 18.7 Å². The van der Waals surface area contributed by atoms with Crippen LogP contribution >= 0.6 is 0 Å². The summed E-state index contributed by atoms with van der Waals surface area (Å²) >= 11 is 0. The van der Waals surface area contributed by atoms with Gasteiger partial charge >= 0.3 is 0 Å². The zero-order chi connectivity index (χ0) is 15.0. The predicted octanol–water partition coefficient (Wildman–Crippen LogP) is 0.889. The Hall–Kier alpha value is -1.60. The van der Waals surface area contributed by atoms with Crippen LogP contribution < -0.4 is 11.1 Å². The molecule has 6 nitrogen and oxygen atoms in total. The van der Waals surface area contributed by atoms with Crippen LogP contribution in [0.1, 0.15) is 24.4 Å². The molecule has 1 aromatic carbocycles. The molecular weight excluding hydrogens is 278 g/mol. The summed E-state index contributed by atoms with van der Waals surface area (Å²) in [6, 6.07) is 9.51. The molecule has 0 spiro atoms. The quantitative estimate of drug-likeness (QED) is 0.217. The number of oxime groups is 1. The fraction of sp³-hybridized carbons (Fsp3) is 0.462. The Kier molecular flexibility index (Phi) is 6.47. The molecule has 0 heterocycles. The van der Waals surface area contributed by atoms with Crippen molar-refractivity contribution in [2.75, 3.05) is 18.6 Å². The van der Waals surface area contributed by atoms with Gasteiger partial charge < -0.3 is 16.3 Å². The molecule has 1 rings (SSSR count). The molecule has 0 fully saturated rings. The number of nitrogens with two attached hydrogens (primary N) is 1. The fourth-order valence-electron chi connectivity index (χ4n) is 1.85. The summed E-state index contributed by atoms with van der Waals surface area (Å²) in [5.74, 6) is 0.278. The number of nitrogens with zero attached hydrogens (tertiary/aromatic N) is 1. The Morgan fingerprint density at radius 2 is 2.05 bits per heavy atom. The first-order valence-corrected chi connectivity index (χ1v) is 8.41. The van der Waals surface area contributed by atoms with Crippen molar-refractivity contribution in [3.8, 4) is 0 Å². The molecule has 112 valence electrons. The van der Waals surface area contributed by atoms with Crippen molar-refractivity contribution < 1.29 is 13.6 Å². The molecule has 1 atom stereocenters. The van der Waals surface area contributed by atoms with E-state index in [-0.39, 0.29) is 17.6 Å². The number of amidine groups is 1. The summed E-state index contributed by atoms with van der Waals surface area (Å²) in [4.78, 5) is 0. The van der Waals surface area contributed by atoms with Gasteiger partial charge in [0.1, 0.15) is 15.7 Å². The largest absolute Gasteiger partial charge is 0.409 e. The van der Waals surface area contributed by atoms with Crippen molar-refractivity contribution in [2.45, 2.75) is 18.9 Å². The number of rotatable bonds is 8. The minimum absolute atomic E-state index is 0.105. The average molecular weight is 299 g/mol. The van der Waals surface area contributed by atoms with Crippen LogP contribution in [0.25, 0.3) is 0 Å². The van der Waals surface area contributed by atoms with Gasteiger partial charge in [0.25, 0.3) is 0 Å². The van der Waals surface area contributed by atoms with Crippen LogP contribution in [0.5, 0.6) is 0 Å². The van der Waals surface area contributed by atoms with Gasteiger partial charge in [-0.3, -0.25) is 0 Å². The third kappa shape index (κ3) is 6.53. The lowest BCUT2D eigenvalue weighted by atomic mass is 10.0. The second-order valence-electron chi connectivity index (χ2n) is 4.70. The number of sulfone groups is 1. The third-order valence-electron chi connectivity index (χ3n) is 2.83. The second-order valence-corrected chi connectivity index (χ2v) is 6.96. The molecule has 0 saturated carbocycles. The molecule has 0 saturated heterocycles. The molecule has 0 bridgehead atoms. The van der Waals surface area contributed by atoms with Crippen molar-refractivity contribution in [1.82, 2.24) is 5.32 Å². The lowest BCUT2D eigenvalue weighted by molar-refractivity contribution is 0.315. The molecule has 4 N–H and O–H groups in total. The number of hydrogen-bond acceptors (Lipinski definition) is 5. The van der Waals surface area contributed by atoms with E-state index in [9.17, 15) is 8.42 Å². The molecule has 0 aliphatic rings. The van der Waals surface area contributed by atoms with E-state index in [4.69, 9.17) is 10.9 Å². The molecule has 0 aliphatic heterocycles. The standard InChI is InChI=1S/C13H21N3O3S/c1-20(18,19)9-5-8-15-12(10-13(14)16-17)11-6-3-2-4-7-11/h2-4,6-7,12,15,17H,5,8-10H2,1H3,(H2,14,16). The summed E-state index contributed by atoms with van der Waals surface area (Å²) in [6.07, 6.45) is 2.11. The maximum atomic E-state index is 11.1. The number of benzene rings is 1. The van der Waals surface area contributed by atoms with Crippen LogP contribution in [0.3, 0.4) is 0 Å². The van der Waals surface area contributed by atoms with Crippen LogP contribution in [-0.2, 0) is 9.84 Å². The lowest BCUT2D eigenvalue weighted by Gasteiger charge is -2.18. The van der Waals surface area contributed by atoms with E-state index in [0.717, 1.165) is 5.56 Å². The molecule has 7 heteroatoms. The van der Waals surface area contributed by atoms with Crippen LogP contribution in [-0.4, -0.2) is 38.0 Å². The van der Waals surface area contributed by atoms with Crippen LogP contribution in [0, 0.1) is 0 Å². The van der Waals surface area contributed by atoms with Crippen molar-refractivity contribution in [3.05, 3.63) is 35.9 Å². The highest BCUT2D eigenvalue weighted by Crippen LogP contribution is 2.16. The van der Waals surface area contributed by atoms with E-state index in [1.54, 1.807) is 0 Å². The van der Waals surface area contributed by atoms with Gasteiger partial charge in [-0.2, -0.15) is 0 Å². The summed E-state index contributed by atoms with van der Waals surface area (Å²) in [5, 5.41) is 14.9. The molecule has 1 unspecified atom stereocenters. The van der Waals surface area contributed by atoms with Crippen LogP contribution in [0.4, 0.5) is 0 Å². The zero-order valence-electron chi connectivity index (χ0n) is 11.5. The first-order chi connectivity index (χ1) is 9.42. The second kappa shape index (κ2) is 7.86. The lowest BCUT2D eigenvalue weighted by Crippen LogP contribution is -2.28. The predicted molar refractivity (Wildman–Crippen MR) is 79.5 cm³/mol. The Bertz CT molecular complexity index is 529. The fourth-order valence-corrected chi connectivity index (χ4v) is 2.52. The first kappa shape index (κ1) is 16.5. The highest BCUT2D eigenvalue weighted by molar-refractivity contribution is 7.90. The average Bonchev–Trinajstić information content (AvgIpc) is 2.41. The van der Waals surface area contributed by atoms with Gasteiger partial charge in [-0.25, -0.2) is 8.42 Å². The summed E-state index contributed by atoms with van der Waals surface area (Å²) in [5.41, 5.74) is 6.56. The number of hydrogen-bond donors (Lipinski definition) is 3. The maximum Gasteiger partial charge on any atom is 0.147 e. The Balaban J connectivity index is 2.60. The normalized spacial score (nSPS) is 14.2. The first-order valence-electron chi connectivity index (χ1n) is 6.35. The molecule has 20 heavy (non-hydrogen) atoms. The minimum Gasteiger partial charge on any atom is -0.409 e. The Labute approximate surface area is 119 Å². The Morgan fingerprint density at radius 1 is 1.40 bits per heavy atom. The van der Waals surface area contributed by atoms with Crippen LogP contribution in [0.2, 0.25) is 0 Å². The van der Waals surface area contributed by atoms with E-state index in [1.165, 1.54) is 6.26 Å². The SMILES string of the molecule is CS(=O)(=O)CCCNC(CC(N)=NO)c1ccccc1. The monoisotopic (exact) mass is 299 g/mol. The van der Waals surface area contributed by atoms with Gasteiger partial charge in [0.2, 0.25) is 0 Å². The van der Waals surface area contributed by atoms with E-state index in [2.05, 4.69) is 10.5 Å². The molecule has 0 amide bonds. The van der Waals surface area contributed by atoms with Crippen molar-refractivity contribution in [2.24, 2.45) is 10.9 Å². The zero-order valence-corrected chi connectivity index (χ0v) is 12.3. The van der Waals surface area contributed by atoms with E-state index in [1.807, 2.05) is 30.3 Å². The highest BCUT2D eigenvalue weighted by Gasteiger charge is 2.13. The van der Waals surface area contributed by atoms with Gasteiger partial charge in [0.05, 0.1) is 5.75 Å². The van der Waals surface area contributed by atoms with Crippen molar-refractivity contribution in [1.29, 1.82) is 0 Å². The van der Waals surface area contributed by atoms with Gasteiger partial charge in [-0.1, -0.05) is 35.5 Å². The molecular formula is C13H21N3O3S. The third-order valence-corrected chi connectivity index (χ3v) is 3.86. The van der Waals surface area contributed by atoms with E-state index < -0.39 is 9.84 Å². The molecule has 0 aliphatic carbocycles. The molecule has 0 aromatic heterocycles. The summed E-state index contributed by atoms with van der Waals surface area (Å²) in [7, 11) is -2.94. The van der Waals surface area contributed by atoms with E-state index >= 15 is 0 Å².